The lowest BCUT2D eigenvalue weighted by molar-refractivity contribution is -0.133. The van der Waals surface area contributed by atoms with Crippen molar-refractivity contribution in [3.05, 3.63) is 29.8 Å². The number of hydrogen-bond acceptors (Lipinski definition) is 3. The third-order valence-electron chi connectivity index (χ3n) is 3.76. The van der Waals surface area contributed by atoms with Crippen LogP contribution in [-0.4, -0.2) is 27.9 Å². The van der Waals surface area contributed by atoms with Gasteiger partial charge in [0.05, 0.1) is 5.25 Å². The highest BCUT2D eigenvalue weighted by atomic mass is 32.2. The van der Waals surface area contributed by atoms with Crippen molar-refractivity contribution in [2.45, 2.75) is 50.9 Å². The highest BCUT2D eigenvalue weighted by Gasteiger charge is 2.28. The molecule has 1 atom stereocenters. The second-order valence-corrected chi connectivity index (χ2v) is 6.92. The Labute approximate surface area is 125 Å². The summed E-state index contributed by atoms with van der Waals surface area (Å²) in [5.41, 5.74) is 7.81. The van der Waals surface area contributed by atoms with Crippen molar-refractivity contribution in [2.75, 3.05) is 11.5 Å². The van der Waals surface area contributed by atoms with E-state index in [0.717, 1.165) is 23.4 Å². The van der Waals surface area contributed by atoms with Gasteiger partial charge < -0.3 is 10.6 Å². The minimum Gasteiger partial charge on any atom is -0.398 e. The van der Waals surface area contributed by atoms with Crippen LogP contribution in [0.2, 0.25) is 0 Å². The molecule has 1 fully saturated rings. The third-order valence-corrected chi connectivity index (χ3v) is 5.12. The van der Waals surface area contributed by atoms with Gasteiger partial charge in [-0.05, 0) is 44.1 Å². The van der Waals surface area contributed by atoms with Gasteiger partial charge in [0.25, 0.3) is 0 Å². The van der Waals surface area contributed by atoms with E-state index in [1.54, 1.807) is 0 Å². The van der Waals surface area contributed by atoms with Gasteiger partial charge in [0, 0.05) is 18.3 Å². The zero-order valence-corrected chi connectivity index (χ0v) is 13.2. The average molecular weight is 292 g/mol. The molecule has 20 heavy (non-hydrogen) atoms. The van der Waals surface area contributed by atoms with Gasteiger partial charge in [-0.15, -0.1) is 11.8 Å². The van der Waals surface area contributed by atoms with Crippen LogP contribution in [0.3, 0.4) is 0 Å². The fraction of sp³-hybridized carbons (Fsp3) is 0.562. The lowest BCUT2D eigenvalue weighted by Crippen LogP contribution is -2.42. The van der Waals surface area contributed by atoms with Gasteiger partial charge in [0.1, 0.15) is 0 Å². The first-order valence-electron chi connectivity index (χ1n) is 7.35. The summed E-state index contributed by atoms with van der Waals surface area (Å²) in [7, 11) is 0. The van der Waals surface area contributed by atoms with Gasteiger partial charge in [-0.1, -0.05) is 24.6 Å². The predicted octanol–water partition coefficient (Wildman–Crippen LogP) is 3.29. The van der Waals surface area contributed by atoms with E-state index in [4.69, 9.17) is 5.73 Å². The van der Waals surface area contributed by atoms with Crippen molar-refractivity contribution in [2.24, 2.45) is 0 Å². The Kier molecular flexibility index (Phi) is 5.35. The zero-order valence-electron chi connectivity index (χ0n) is 12.3. The van der Waals surface area contributed by atoms with E-state index < -0.39 is 0 Å². The minimum atomic E-state index is 0.135. The number of nitrogens with two attached hydrogens (primary N) is 1. The van der Waals surface area contributed by atoms with Crippen LogP contribution in [0.15, 0.2) is 24.3 Å². The quantitative estimate of drug-likeness (QED) is 0.866. The maximum absolute atomic E-state index is 12.7. The van der Waals surface area contributed by atoms with Crippen LogP contribution >= 0.6 is 11.8 Å². The summed E-state index contributed by atoms with van der Waals surface area (Å²) < 4.78 is 0. The molecule has 1 saturated heterocycles. The summed E-state index contributed by atoms with van der Waals surface area (Å²) in [5, 5.41) is 0.135. The molecule has 3 nitrogen and oxygen atoms in total. The molecule has 0 radical (unpaired) electrons. The standard InChI is InChI=1S/C16H24N2OS/c1-12(2)18(11-13-7-3-4-8-14(13)17)16(19)15-9-5-6-10-20-15/h3-4,7-8,12,15H,5-6,9-11,17H2,1-2H3. The Morgan fingerprint density at radius 1 is 1.40 bits per heavy atom. The van der Waals surface area contributed by atoms with Crippen LogP contribution in [0, 0.1) is 0 Å². The number of rotatable bonds is 4. The molecule has 1 amide bonds. The van der Waals surface area contributed by atoms with E-state index in [1.165, 1.54) is 12.8 Å². The second kappa shape index (κ2) is 7.02. The first-order valence-corrected chi connectivity index (χ1v) is 8.40. The average Bonchev–Trinajstić information content (AvgIpc) is 2.46. The Bertz CT molecular complexity index is 456. The van der Waals surface area contributed by atoms with E-state index in [1.807, 2.05) is 40.9 Å². The normalized spacial score (nSPS) is 19.1. The number of thioether (sulfide) groups is 1. The predicted molar refractivity (Wildman–Crippen MR) is 86.6 cm³/mol. The molecular formula is C16H24N2OS. The summed E-state index contributed by atoms with van der Waals surface area (Å²) in [6, 6.07) is 8.01. The maximum Gasteiger partial charge on any atom is 0.236 e. The van der Waals surface area contributed by atoms with Gasteiger partial charge in [-0.2, -0.15) is 0 Å². The lowest BCUT2D eigenvalue weighted by atomic mass is 10.1. The number of anilines is 1. The molecule has 1 unspecified atom stereocenters. The smallest absolute Gasteiger partial charge is 0.236 e. The molecule has 0 aromatic heterocycles. The Morgan fingerprint density at radius 2 is 2.15 bits per heavy atom. The molecule has 0 aliphatic carbocycles. The van der Waals surface area contributed by atoms with Gasteiger partial charge >= 0.3 is 0 Å². The molecule has 4 heteroatoms. The van der Waals surface area contributed by atoms with Crippen LogP contribution in [-0.2, 0) is 11.3 Å². The van der Waals surface area contributed by atoms with Crippen molar-refractivity contribution in [1.29, 1.82) is 0 Å². The fourth-order valence-corrected chi connectivity index (χ4v) is 3.76. The molecule has 1 heterocycles. The fourth-order valence-electron chi connectivity index (χ4n) is 2.50. The van der Waals surface area contributed by atoms with Crippen LogP contribution in [0.5, 0.6) is 0 Å². The van der Waals surface area contributed by atoms with Crippen LogP contribution < -0.4 is 5.73 Å². The van der Waals surface area contributed by atoms with Crippen molar-refractivity contribution < 1.29 is 4.79 Å². The Balaban J connectivity index is 2.10. The van der Waals surface area contributed by atoms with Crippen molar-refractivity contribution >= 4 is 23.4 Å². The number of amides is 1. The number of para-hydroxylation sites is 1. The molecule has 1 aromatic carbocycles. The van der Waals surface area contributed by atoms with Crippen LogP contribution in [0.25, 0.3) is 0 Å². The Morgan fingerprint density at radius 3 is 2.75 bits per heavy atom. The topological polar surface area (TPSA) is 46.3 Å². The summed E-state index contributed by atoms with van der Waals surface area (Å²) in [6.07, 6.45) is 3.42. The van der Waals surface area contributed by atoms with E-state index in [0.29, 0.717) is 6.54 Å². The highest BCUT2D eigenvalue weighted by Crippen LogP contribution is 2.28. The molecule has 110 valence electrons. The number of carbonyl (C=O) groups excluding carboxylic acids is 1. The second-order valence-electron chi connectivity index (χ2n) is 5.61. The summed E-state index contributed by atoms with van der Waals surface area (Å²) >= 11 is 1.81. The first kappa shape index (κ1) is 15.2. The number of hydrogen-bond donors (Lipinski definition) is 1. The lowest BCUT2D eigenvalue weighted by Gasteiger charge is -2.32. The largest absolute Gasteiger partial charge is 0.398 e. The summed E-state index contributed by atoms with van der Waals surface area (Å²) in [4.78, 5) is 14.7. The van der Waals surface area contributed by atoms with Gasteiger partial charge in [0.2, 0.25) is 5.91 Å². The van der Waals surface area contributed by atoms with Crippen molar-refractivity contribution in [3.63, 3.8) is 0 Å². The number of nitrogens with zero attached hydrogens (tertiary/aromatic N) is 1. The highest BCUT2D eigenvalue weighted by molar-refractivity contribution is 8.00. The first-order chi connectivity index (χ1) is 9.59. The zero-order chi connectivity index (χ0) is 14.5. The number of benzene rings is 1. The molecule has 0 bridgehead atoms. The van der Waals surface area contributed by atoms with Crippen molar-refractivity contribution in [1.82, 2.24) is 4.90 Å². The molecule has 1 aromatic rings. The van der Waals surface area contributed by atoms with E-state index in [9.17, 15) is 4.79 Å². The van der Waals surface area contributed by atoms with E-state index in [-0.39, 0.29) is 17.2 Å². The summed E-state index contributed by atoms with van der Waals surface area (Å²) in [5.74, 6) is 1.38. The molecule has 0 saturated carbocycles. The molecule has 0 spiro atoms. The molecule has 1 aliphatic rings. The third kappa shape index (κ3) is 3.69. The number of carbonyl (C=O) groups is 1. The van der Waals surface area contributed by atoms with Gasteiger partial charge in [-0.25, -0.2) is 0 Å². The molecule has 2 N–H and O–H groups in total. The molecule has 2 rings (SSSR count). The monoisotopic (exact) mass is 292 g/mol. The SMILES string of the molecule is CC(C)N(Cc1ccccc1N)C(=O)C1CCCCS1. The summed E-state index contributed by atoms with van der Waals surface area (Å²) in [6.45, 7) is 4.76. The maximum atomic E-state index is 12.7. The number of nitrogen functional groups attached to an aromatic ring is 1. The van der Waals surface area contributed by atoms with E-state index in [2.05, 4.69) is 13.8 Å². The van der Waals surface area contributed by atoms with Gasteiger partial charge in [0.15, 0.2) is 0 Å². The van der Waals surface area contributed by atoms with Crippen molar-refractivity contribution in [3.8, 4) is 0 Å². The van der Waals surface area contributed by atoms with Crippen LogP contribution in [0.4, 0.5) is 5.69 Å². The minimum absolute atomic E-state index is 0.135. The van der Waals surface area contributed by atoms with E-state index >= 15 is 0 Å². The molecule has 1 aliphatic heterocycles. The Hall–Kier alpha value is -1.16. The van der Waals surface area contributed by atoms with Gasteiger partial charge in [-0.3, -0.25) is 4.79 Å². The molecular weight excluding hydrogens is 268 g/mol. The van der Waals surface area contributed by atoms with Crippen LogP contribution in [0.1, 0.15) is 38.7 Å².